The van der Waals surface area contributed by atoms with Crippen LogP contribution in [0.4, 0.5) is 10.9 Å². The van der Waals surface area contributed by atoms with Gasteiger partial charge in [0.1, 0.15) is 16.9 Å². The first-order valence-electron chi connectivity index (χ1n) is 7.54. The van der Waals surface area contributed by atoms with Gasteiger partial charge in [0.15, 0.2) is 0 Å². The molecule has 0 aromatic carbocycles. The Bertz CT molecular complexity index is 619. The van der Waals surface area contributed by atoms with Crippen LogP contribution in [-0.4, -0.2) is 38.8 Å². The van der Waals surface area contributed by atoms with Crippen molar-refractivity contribution in [3.63, 3.8) is 0 Å². The molecule has 0 aliphatic rings. The van der Waals surface area contributed by atoms with Gasteiger partial charge in [-0.05, 0) is 31.9 Å². The van der Waals surface area contributed by atoms with E-state index in [2.05, 4.69) is 15.2 Å². The van der Waals surface area contributed by atoms with E-state index in [0.29, 0.717) is 6.42 Å². The Morgan fingerprint density at radius 3 is 2.78 bits per heavy atom. The topological polar surface area (TPSA) is 105 Å². The zero-order valence-electron chi connectivity index (χ0n) is 13.1. The third-order valence-corrected chi connectivity index (χ3v) is 4.22. The van der Waals surface area contributed by atoms with Crippen LogP contribution in [0.3, 0.4) is 0 Å². The summed E-state index contributed by atoms with van der Waals surface area (Å²) >= 11 is 1.53. The van der Waals surface area contributed by atoms with Crippen molar-refractivity contribution in [1.29, 1.82) is 0 Å². The van der Waals surface area contributed by atoms with Gasteiger partial charge >= 0.3 is 0 Å². The quantitative estimate of drug-likeness (QED) is 0.677. The lowest BCUT2D eigenvalue weighted by molar-refractivity contribution is -0.126. The van der Waals surface area contributed by atoms with Crippen LogP contribution in [0.25, 0.3) is 0 Å². The lowest BCUT2D eigenvalue weighted by atomic mass is 10.1. The highest BCUT2D eigenvalue weighted by atomic mass is 32.1. The van der Waals surface area contributed by atoms with Gasteiger partial charge in [-0.15, -0.1) is 10.2 Å². The summed E-state index contributed by atoms with van der Waals surface area (Å²) in [4.78, 5) is 17.2. The lowest BCUT2D eigenvalue weighted by Gasteiger charge is -2.20. The van der Waals surface area contributed by atoms with Crippen molar-refractivity contribution in [2.24, 2.45) is 5.73 Å². The number of aliphatic hydroxyl groups excluding tert-OH is 1. The van der Waals surface area contributed by atoms with Gasteiger partial charge in [-0.2, -0.15) is 0 Å². The molecule has 2 rings (SSSR count). The number of unbranched alkanes of at least 4 members (excludes halogenated alkanes) is 2. The molecule has 0 aliphatic heterocycles. The fourth-order valence-corrected chi connectivity index (χ4v) is 2.87. The Balaban J connectivity index is 1.90. The molecule has 8 heteroatoms. The molecular formula is C15H21N5O2S. The Hall–Kier alpha value is -2.06. The molecule has 0 fully saturated rings. The van der Waals surface area contributed by atoms with Crippen molar-refractivity contribution in [2.75, 3.05) is 11.4 Å². The van der Waals surface area contributed by atoms with Crippen molar-refractivity contribution >= 4 is 28.2 Å². The van der Waals surface area contributed by atoms with E-state index >= 15 is 0 Å². The third kappa shape index (κ3) is 5.26. The molecule has 0 radical (unpaired) electrons. The number of aryl methyl sites for hydroxylation is 1. The molecule has 124 valence electrons. The highest BCUT2D eigenvalue weighted by Gasteiger charge is 2.15. The second-order valence-electron chi connectivity index (χ2n) is 5.21. The van der Waals surface area contributed by atoms with E-state index in [1.807, 2.05) is 30.0 Å². The molecule has 2 aromatic heterocycles. The number of nitrogens with two attached hydrogens (primary N) is 1. The number of pyridine rings is 1. The first-order valence-corrected chi connectivity index (χ1v) is 8.35. The Morgan fingerprint density at radius 2 is 2.17 bits per heavy atom. The number of anilines is 2. The average Bonchev–Trinajstić information content (AvgIpc) is 2.97. The van der Waals surface area contributed by atoms with E-state index in [0.717, 1.165) is 41.8 Å². The summed E-state index contributed by atoms with van der Waals surface area (Å²) in [7, 11) is 0. The number of hydrogen-bond donors (Lipinski definition) is 2. The molecule has 0 spiro atoms. The molecule has 23 heavy (non-hydrogen) atoms. The number of rotatable bonds is 9. The number of primary amides is 1. The second kappa shape index (κ2) is 8.54. The van der Waals surface area contributed by atoms with Gasteiger partial charge in [0.25, 0.3) is 0 Å². The number of amides is 1. The maximum atomic E-state index is 10.8. The van der Waals surface area contributed by atoms with E-state index in [-0.39, 0.29) is 0 Å². The Labute approximate surface area is 139 Å². The predicted octanol–water partition coefficient (Wildman–Crippen LogP) is 1.79. The summed E-state index contributed by atoms with van der Waals surface area (Å²) in [6, 6.07) is 5.75. The van der Waals surface area contributed by atoms with Gasteiger partial charge in [-0.25, -0.2) is 4.98 Å². The minimum absolute atomic E-state index is 0.400. The SMILES string of the molecule is Cc1nnc(N(CCCCCC(O)C(N)=O)c2ccccn2)s1. The molecule has 1 atom stereocenters. The zero-order chi connectivity index (χ0) is 16.7. The van der Waals surface area contributed by atoms with Crippen molar-refractivity contribution in [1.82, 2.24) is 15.2 Å². The summed E-state index contributed by atoms with van der Waals surface area (Å²) in [6.45, 7) is 2.67. The van der Waals surface area contributed by atoms with Crippen LogP contribution in [-0.2, 0) is 4.79 Å². The van der Waals surface area contributed by atoms with Crippen molar-refractivity contribution < 1.29 is 9.90 Å². The molecule has 0 saturated heterocycles. The fraction of sp³-hybridized carbons (Fsp3) is 0.467. The van der Waals surface area contributed by atoms with Crippen LogP contribution in [0, 0.1) is 6.92 Å². The van der Waals surface area contributed by atoms with Gasteiger partial charge in [0, 0.05) is 12.7 Å². The molecule has 0 saturated carbocycles. The molecule has 1 unspecified atom stereocenters. The third-order valence-electron chi connectivity index (χ3n) is 3.36. The largest absolute Gasteiger partial charge is 0.383 e. The molecule has 7 nitrogen and oxygen atoms in total. The molecule has 1 amide bonds. The zero-order valence-corrected chi connectivity index (χ0v) is 13.9. The van der Waals surface area contributed by atoms with E-state index in [9.17, 15) is 9.90 Å². The Morgan fingerprint density at radius 1 is 1.35 bits per heavy atom. The highest BCUT2D eigenvalue weighted by molar-refractivity contribution is 7.15. The summed E-state index contributed by atoms with van der Waals surface area (Å²) in [5.41, 5.74) is 5.03. The number of hydrogen-bond acceptors (Lipinski definition) is 7. The van der Waals surface area contributed by atoms with E-state index in [4.69, 9.17) is 5.73 Å². The predicted molar refractivity (Wildman–Crippen MR) is 89.6 cm³/mol. The monoisotopic (exact) mass is 335 g/mol. The van der Waals surface area contributed by atoms with Crippen molar-refractivity contribution in [2.45, 2.75) is 38.7 Å². The molecule has 3 N–H and O–H groups in total. The van der Waals surface area contributed by atoms with Crippen LogP contribution in [0.5, 0.6) is 0 Å². The number of aromatic nitrogens is 3. The summed E-state index contributed by atoms with van der Waals surface area (Å²) in [5, 5.41) is 19.4. The Kier molecular flexibility index (Phi) is 6.42. The fourth-order valence-electron chi connectivity index (χ4n) is 2.14. The van der Waals surface area contributed by atoms with E-state index in [1.54, 1.807) is 6.20 Å². The summed E-state index contributed by atoms with van der Waals surface area (Å²) in [6.07, 6.45) is 3.62. The first kappa shape index (κ1) is 17.3. The second-order valence-corrected chi connectivity index (χ2v) is 6.37. The lowest BCUT2D eigenvalue weighted by Crippen LogP contribution is -2.28. The van der Waals surface area contributed by atoms with Gasteiger partial charge in [0.05, 0.1) is 0 Å². The number of carbonyl (C=O) groups excluding carboxylic acids is 1. The maximum Gasteiger partial charge on any atom is 0.246 e. The molecular weight excluding hydrogens is 314 g/mol. The molecule has 0 aliphatic carbocycles. The minimum Gasteiger partial charge on any atom is -0.383 e. The smallest absolute Gasteiger partial charge is 0.246 e. The van der Waals surface area contributed by atoms with Gasteiger partial charge in [-0.1, -0.05) is 30.2 Å². The molecule has 2 heterocycles. The van der Waals surface area contributed by atoms with E-state index < -0.39 is 12.0 Å². The summed E-state index contributed by atoms with van der Waals surface area (Å²) in [5.74, 6) is 0.172. The van der Waals surface area contributed by atoms with Crippen molar-refractivity contribution in [3.05, 3.63) is 29.4 Å². The maximum absolute atomic E-state index is 10.8. The first-order chi connectivity index (χ1) is 11.1. The van der Waals surface area contributed by atoms with Gasteiger partial charge in [0.2, 0.25) is 11.0 Å². The van der Waals surface area contributed by atoms with Crippen LogP contribution < -0.4 is 10.6 Å². The standard InChI is InChI=1S/C15H21N5O2S/c1-11-18-19-15(23-11)20(13-8-4-5-9-17-13)10-6-2-3-7-12(21)14(16)22/h4-5,8-9,12,21H,2-3,6-7,10H2,1H3,(H2,16,22). The van der Waals surface area contributed by atoms with Crippen LogP contribution in [0.1, 0.15) is 30.7 Å². The van der Waals surface area contributed by atoms with Crippen LogP contribution in [0.2, 0.25) is 0 Å². The highest BCUT2D eigenvalue weighted by Crippen LogP contribution is 2.26. The molecule has 2 aromatic rings. The normalized spacial score (nSPS) is 12.1. The number of aliphatic hydroxyl groups is 1. The van der Waals surface area contributed by atoms with E-state index in [1.165, 1.54) is 11.3 Å². The van der Waals surface area contributed by atoms with Crippen LogP contribution in [0.15, 0.2) is 24.4 Å². The minimum atomic E-state index is -1.05. The number of carbonyl (C=O) groups is 1. The number of nitrogens with zero attached hydrogens (tertiary/aromatic N) is 4. The molecule has 0 bridgehead atoms. The van der Waals surface area contributed by atoms with Crippen molar-refractivity contribution in [3.8, 4) is 0 Å². The average molecular weight is 335 g/mol. The van der Waals surface area contributed by atoms with Gasteiger partial charge in [-0.3, -0.25) is 4.79 Å². The van der Waals surface area contributed by atoms with Gasteiger partial charge < -0.3 is 15.7 Å². The summed E-state index contributed by atoms with van der Waals surface area (Å²) < 4.78 is 0. The van der Waals surface area contributed by atoms with Crippen LogP contribution >= 0.6 is 11.3 Å².